The first-order valence-corrected chi connectivity index (χ1v) is 8.71. The molecule has 0 bridgehead atoms. The number of oxazole rings is 1. The fourth-order valence-corrected chi connectivity index (χ4v) is 3.73. The van der Waals surface area contributed by atoms with Crippen LogP contribution < -0.4 is 0 Å². The molecule has 1 aromatic heterocycles. The molecule has 0 radical (unpaired) electrons. The summed E-state index contributed by atoms with van der Waals surface area (Å²) < 4.78 is 7.87. The highest BCUT2D eigenvalue weighted by atomic mass is 79.9. The summed E-state index contributed by atoms with van der Waals surface area (Å²) >= 11 is 7.02. The molecule has 0 aliphatic carbocycles. The highest BCUT2D eigenvalue weighted by Crippen LogP contribution is 2.33. The molecule has 0 aliphatic heterocycles. The second-order valence-corrected chi connectivity index (χ2v) is 6.96. The van der Waals surface area contributed by atoms with Gasteiger partial charge in [0.1, 0.15) is 5.52 Å². The molecule has 112 valence electrons. The lowest BCUT2D eigenvalue weighted by atomic mass is 10.1. The Labute approximate surface area is 150 Å². The van der Waals surface area contributed by atoms with Crippen LogP contribution in [0.15, 0.2) is 80.1 Å². The number of fused-ring (bicyclic) bond motifs is 1. The molecule has 0 amide bonds. The number of hydrogen-bond donors (Lipinski definition) is 0. The Morgan fingerprint density at radius 2 is 1.61 bits per heavy atom. The maximum atomic E-state index is 5.91. The summed E-state index contributed by atoms with van der Waals surface area (Å²) in [5, 5.41) is 0. The van der Waals surface area contributed by atoms with Gasteiger partial charge in [-0.05, 0) is 57.4 Å². The van der Waals surface area contributed by atoms with Gasteiger partial charge in [-0.1, -0.05) is 52.3 Å². The zero-order valence-electron chi connectivity index (χ0n) is 12.0. The van der Waals surface area contributed by atoms with Crippen LogP contribution in [0.4, 0.5) is 0 Å². The largest absolute Gasteiger partial charge is 0.436 e. The van der Waals surface area contributed by atoms with Crippen LogP contribution in [0.1, 0.15) is 0 Å². The van der Waals surface area contributed by atoms with Crippen molar-refractivity contribution in [2.75, 3.05) is 0 Å². The van der Waals surface area contributed by atoms with E-state index in [1.807, 2.05) is 42.5 Å². The molecular weight excluding hydrogens is 418 g/mol. The Bertz CT molecular complexity index is 993. The van der Waals surface area contributed by atoms with Crippen molar-refractivity contribution in [3.63, 3.8) is 0 Å². The lowest BCUT2D eigenvalue weighted by molar-refractivity contribution is 0.619. The predicted molar refractivity (Wildman–Crippen MR) is 100 cm³/mol. The highest BCUT2D eigenvalue weighted by molar-refractivity contribution is 9.11. The maximum Gasteiger partial charge on any atom is 0.228 e. The fourth-order valence-electron chi connectivity index (χ4n) is 2.52. The third-order valence-electron chi connectivity index (χ3n) is 3.66. The molecule has 23 heavy (non-hydrogen) atoms. The van der Waals surface area contributed by atoms with Gasteiger partial charge in [0.25, 0.3) is 0 Å². The van der Waals surface area contributed by atoms with Crippen LogP contribution in [0.3, 0.4) is 0 Å². The normalized spacial score (nSPS) is 11.0. The third-order valence-corrected chi connectivity index (χ3v) is 4.81. The van der Waals surface area contributed by atoms with E-state index in [2.05, 4.69) is 61.1 Å². The van der Waals surface area contributed by atoms with Gasteiger partial charge in [0.15, 0.2) is 5.58 Å². The lowest BCUT2D eigenvalue weighted by Crippen LogP contribution is -1.80. The minimum atomic E-state index is 0.615. The van der Waals surface area contributed by atoms with Gasteiger partial charge in [-0.2, -0.15) is 0 Å². The molecule has 0 N–H and O–H groups in total. The third kappa shape index (κ3) is 2.84. The first-order valence-electron chi connectivity index (χ1n) is 7.12. The van der Waals surface area contributed by atoms with Crippen LogP contribution in [-0.2, 0) is 0 Å². The van der Waals surface area contributed by atoms with E-state index in [4.69, 9.17) is 4.42 Å². The van der Waals surface area contributed by atoms with Crippen molar-refractivity contribution in [3.05, 3.63) is 75.7 Å². The van der Waals surface area contributed by atoms with E-state index in [1.165, 1.54) is 5.56 Å². The number of rotatable bonds is 2. The van der Waals surface area contributed by atoms with E-state index >= 15 is 0 Å². The zero-order valence-corrected chi connectivity index (χ0v) is 15.1. The Kier molecular flexibility index (Phi) is 3.79. The van der Waals surface area contributed by atoms with Crippen molar-refractivity contribution in [2.45, 2.75) is 0 Å². The molecule has 0 unspecified atom stereocenters. The van der Waals surface area contributed by atoms with Gasteiger partial charge < -0.3 is 4.42 Å². The van der Waals surface area contributed by atoms with Crippen LogP contribution in [0, 0.1) is 0 Å². The Morgan fingerprint density at radius 3 is 2.39 bits per heavy atom. The van der Waals surface area contributed by atoms with E-state index in [9.17, 15) is 0 Å². The summed E-state index contributed by atoms with van der Waals surface area (Å²) in [5.41, 5.74) is 4.88. The highest BCUT2D eigenvalue weighted by Gasteiger charge is 2.12. The molecule has 4 rings (SSSR count). The molecule has 0 saturated carbocycles. The van der Waals surface area contributed by atoms with Gasteiger partial charge in [0.2, 0.25) is 5.89 Å². The van der Waals surface area contributed by atoms with Gasteiger partial charge in [0.05, 0.1) is 5.56 Å². The number of aromatic nitrogens is 1. The van der Waals surface area contributed by atoms with Gasteiger partial charge in [0, 0.05) is 8.95 Å². The average Bonchev–Trinajstić information content (AvgIpc) is 2.98. The molecule has 0 saturated heterocycles. The van der Waals surface area contributed by atoms with E-state index in [1.54, 1.807) is 0 Å². The van der Waals surface area contributed by atoms with Crippen LogP contribution in [0.5, 0.6) is 0 Å². The van der Waals surface area contributed by atoms with Crippen molar-refractivity contribution >= 4 is 43.0 Å². The molecule has 4 aromatic rings. The smallest absolute Gasteiger partial charge is 0.228 e. The van der Waals surface area contributed by atoms with E-state index < -0.39 is 0 Å². The van der Waals surface area contributed by atoms with Crippen molar-refractivity contribution in [1.82, 2.24) is 4.98 Å². The first-order chi connectivity index (χ1) is 11.2. The van der Waals surface area contributed by atoms with Crippen molar-refractivity contribution in [3.8, 4) is 22.6 Å². The van der Waals surface area contributed by atoms with Crippen molar-refractivity contribution < 1.29 is 4.42 Å². The molecule has 0 aliphatic rings. The Balaban J connectivity index is 1.82. The molecule has 0 spiro atoms. The van der Waals surface area contributed by atoms with Gasteiger partial charge >= 0.3 is 0 Å². The number of hydrogen-bond acceptors (Lipinski definition) is 2. The summed E-state index contributed by atoms with van der Waals surface area (Å²) in [6, 6.07) is 22.3. The second kappa shape index (κ2) is 5.95. The van der Waals surface area contributed by atoms with Crippen LogP contribution in [-0.4, -0.2) is 4.98 Å². The van der Waals surface area contributed by atoms with E-state index in [-0.39, 0.29) is 0 Å². The summed E-state index contributed by atoms with van der Waals surface area (Å²) in [4.78, 5) is 4.65. The predicted octanol–water partition coefficient (Wildman–Crippen LogP) is 6.69. The SMILES string of the molecule is Brc1ccc(-c2nc3cc(-c4ccccc4)ccc3o2)c(Br)c1. The topological polar surface area (TPSA) is 26.0 Å². The van der Waals surface area contributed by atoms with Crippen LogP contribution >= 0.6 is 31.9 Å². The summed E-state index contributed by atoms with van der Waals surface area (Å²) in [5.74, 6) is 0.615. The molecular formula is C19H11Br2NO. The average molecular weight is 429 g/mol. The van der Waals surface area contributed by atoms with Crippen LogP contribution in [0.25, 0.3) is 33.7 Å². The number of halogens is 2. The zero-order chi connectivity index (χ0) is 15.8. The maximum absolute atomic E-state index is 5.91. The number of nitrogens with zero attached hydrogens (tertiary/aromatic N) is 1. The molecule has 0 fully saturated rings. The standard InChI is InChI=1S/C19H11Br2NO/c20-14-7-8-15(16(21)11-14)19-22-17-10-13(6-9-18(17)23-19)12-4-2-1-3-5-12/h1-11H. The monoisotopic (exact) mass is 427 g/mol. The Hall–Kier alpha value is -1.91. The number of benzene rings is 3. The lowest BCUT2D eigenvalue weighted by Gasteiger charge is -1.99. The fraction of sp³-hybridized carbons (Fsp3) is 0. The van der Waals surface area contributed by atoms with Crippen molar-refractivity contribution in [1.29, 1.82) is 0 Å². The minimum Gasteiger partial charge on any atom is -0.436 e. The van der Waals surface area contributed by atoms with Gasteiger partial charge in [-0.15, -0.1) is 0 Å². The first kappa shape index (κ1) is 14.7. The molecule has 2 nitrogen and oxygen atoms in total. The molecule has 4 heteroatoms. The summed E-state index contributed by atoms with van der Waals surface area (Å²) in [7, 11) is 0. The molecule has 3 aromatic carbocycles. The molecule has 1 heterocycles. The van der Waals surface area contributed by atoms with Gasteiger partial charge in [-0.3, -0.25) is 0 Å². The molecule has 0 atom stereocenters. The van der Waals surface area contributed by atoms with Crippen LogP contribution in [0.2, 0.25) is 0 Å². The second-order valence-electron chi connectivity index (χ2n) is 5.19. The quantitative estimate of drug-likeness (QED) is 0.355. The van der Waals surface area contributed by atoms with E-state index in [0.717, 1.165) is 31.2 Å². The minimum absolute atomic E-state index is 0.615. The van der Waals surface area contributed by atoms with Gasteiger partial charge in [-0.25, -0.2) is 4.98 Å². The van der Waals surface area contributed by atoms with Crippen molar-refractivity contribution in [2.24, 2.45) is 0 Å². The summed E-state index contributed by atoms with van der Waals surface area (Å²) in [6.45, 7) is 0. The Morgan fingerprint density at radius 1 is 0.783 bits per heavy atom. The van der Waals surface area contributed by atoms with E-state index in [0.29, 0.717) is 5.89 Å². The summed E-state index contributed by atoms with van der Waals surface area (Å²) in [6.07, 6.45) is 0.